The van der Waals surface area contributed by atoms with Gasteiger partial charge in [0.2, 0.25) is 0 Å². The minimum absolute atomic E-state index is 0.427. The van der Waals surface area contributed by atoms with Crippen LogP contribution in [0.5, 0.6) is 0 Å². The third-order valence-electron chi connectivity index (χ3n) is 3.51. The van der Waals surface area contributed by atoms with Gasteiger partial charge in [-0.3, -0.25) is 0 Å². The van der Waals surface area contributed by atoms with E-state index in [4.69, 9.17) is 0 Å². The Labute approximate surface area is 120 Å². The van der Waals surface area contributed by atoms with Crippen LogP contribution >= 0.6 is 11.3 Å². The summed E-state index contributed by atoms with van der Waals surface area (Å²) in [5, 5.41) is 5.99. The SMILES string of the molecule is CCC(NC(c1cccs1)C(C)C)c1ccccc1. The first-order chi connectivity index (χ1) is 9.22. The molecule has 0 fully saturated rings. The van der Waals surface area contributed by atoms with Gasteiger partial charge < -0.3 is 5.32 Å². The van der Waals surface area contributed by atoms with Crippen molar-refractivity contribution in [2.45, 2.75) is 39.3 Å². The van der Waals surface area contributed by atoms with Crippen molar-refractivity contribution in [3.8, 4) is 0 Å². The largest absolute Gasteiger partial charge is 0.302 e. The van der Waals surface area contributed by atoms with E-state index in [-0.39, 0.29) is 0 Å². The van der Waals surface area contributed by atoms with E-state index < -0.39 is 0 Å². The third kappa shape index (κ3) is 3.68. The molecule has 2 heteroatoms. The second kappa shape index (κ2) is 6.88. The summed E-state index contributed by atoms with van der Waals surface area (Å²) < 4.78 is 0. The molecule has 2 aromatic rings. The Bertz CT molecular complexity index is 461. The molecule has 19 heavy (non-hydrogen) atoms. The van der Waals surface area contributed by atoms with E-state index >= 15 is 0 Å². The first-order valence-electron chi connectivity index (χ1n) is 7.06. The third-order valence-corrected chi connectivity index (χ3v) is 4.46. The van der Waals surface area contributed by atoms with Crippen LogP contribution in [0.25, 0.3) is 0 Å². The van der Waals surface area contributed by atoms with E-state index in [0.29, 0.717) is 18.0 Å². The lowest BCUT2D eigenvalue weighted by Crippen LogP contribution is -2.29. The quantitative estimate of drug-likeness (QED) is 0.764. The normalized spacial score (nSPS) is 14.5. The van der Waals surface area contributed by atoms with Gasteiger partial charge in [0.05, 0.1) is 0 Å². The van der Waals surface area contributed by atoms with E-state index in [0.717, 1.165) is 6.42 Å². The molecule has 1 aromatic carbocycles. The van der Waals surface area contributed by atoms with Crippen LogP contribution in [0, 0.1) is 5.92 Å². The zero-order chi connectivity index (χ0) is 13.7. The van der Waals surface area contributed by atoms with Crippen LogP contribution in [-0.4, -0.2) is 0 Å². The van der Waals surface area contributed by atoms with E-state index in [1.807, 2.05) is 11.3 Å². The van der Waals surface area contributed by atoms with Crippen molar-refractivity contribution in [2.24, 2.45) is 5.92 Å². The summed E-state index contributed by atoms with van der Waals surface area (Å²) in [6, 6.07) is 16.0. The van der Waals surface area contributed by atoms with Gasteiger partial charge in [-0.25, -0.2) is 0 Å². The molecule has 102 valence electrons. The monoisotopic (exact) mass is 273 g/mol. The average molecular weight is 273 g/mol. The topological polar surface area (TPSA) is 12.0 Å². The van der Waals surface area contributed by atoms with E-state index in [1.165, 1.54) is 10.4 Å². The molecule has 0 spiro atoms. The maximum atomic E-state index is 3.83. The molecule has 1 nitrogen and oxygen atoms in total. The molecular formula is C17H23NS. The van der Waals surface area contributed by atoms with Crippen molar-refractivity contribution in [2.75, 3.05) is 0 Å². The molecular weight excluding hydrogens is 250 g/mol. The van der Waals surface area contributed by atoms with E-state index in [9.17, 15) is 0 Å². The number of hydrogen-bond donors (Lipinski definition) is 1. The molecule has 1 aromatic heterocycles. The van der Waals surface area contributed by atoms with Crippen molar-refractivity contribution in [1.29, 1.82) is 0 Å². The zero-order valence-electron chi connectivity index (χ0n) is 12.0. The van der Waals surface area contributed by atoms with Gasteiger partial charge >= 0.3 is 0 Å². The van der Waals surface area contributed by atoms with Crippen molar-refractivity contribution in [3.05, 3.63) is 58.3 Å². The molecule has 0 bridgehead atoms. The van der Waals surface area contributed by atoms with Gasteiger partial charge in [0.1, 0.15) is 0 Å². The highest BCUT2D eigenvalue weighted by atomic mass is 32.1. The molecule has 1 heterocycles. The van der Waals surface area contributed by atoms with Crippen LogP contribution < -0.4 is 5.32 Å². The molecule has 2 atom stereocenters. The van der Waals surface area contributed by atoms with Gasteiger partial charge in [0.25, 0.3) is 0 Å². The minimum atomic E-state index is 0.427. The Kier molecular flexibility index (Phi) is 5.17. The molecule has 0 radical (unpaired) electrons. The van der Waals surface area contributed by atoms with Crippen molar-refractivity contribution in [3.63, 3.8) is 0 Å². The van der Waals surface area contributed by atoms with Crippen LogP contribution in [0.15, 0.2) is 47.8 Å². The van der Waals surface area contributed by atoms with Crippen molar-refractivity contribution < 1.29 is 0 Å². The summed E-state index contributed by atoms with van der Waals surface area (Å²) in [4.78, 5) is 1.43. The fourth-order valence-corrected chi connectivity index (χ4v) is 3.38. The van der Waals surface area contributed by atoms with Crippen molar-refractivity contribution >= 4 is 11.3 Å². The first kappa shape index (κ1) is 14.3. The number of benzene rings is 1. The van der Waals surface area contributed by atoms with E-state index in [1.54, 1.807) is 0 Å². The standard InChI is InChI=1S/C17H23NS/c1-4-15(14-9-6-5-7-10-14)18-17(13(2)3)16-11-8-12-19-16/h5-13,15,17-18H,4H2,1-3H3. The zero-order valence-corrected chi connectivity index (χ0v) is 12.8. The van der Waals surface area contributed by atoms with Crippen LogP contribution in [0.3, 0.4) is 0 Å². The number of rotatable bonds is 6. The lowest BCUT2D eigenvalue weighted by molar-refractivity contribution is 0.361. The highest BCUT2D eigenvalue weighted by Gasteiger charge is 2.20. The number of thiophene rings is 1. The molecule has 2 rings (SSSR count). The summed E-state index contributed by atoms with van der Waals surface area (Å²) in [6.45, 7) is 6.82. The molecule has 0 saturated heterocycles. The van der Waals surface area contributed by atoms with Gasteiger partial charge in [0, 0.05) is 17.0 Å². The minimum Gasteiger partial charge on any atom is -0.302 e. The Balaban J connectivity index is 2.16. The van der Waals surface area contributed by atoms with Gasteiger partial charge in [0.15, 0.2) is 0 Å². The fourth-order valence-electron chi connectivity index (χ4n) is 2.42. The molecule has 2 unspecified atom stereocenters. The lowest BCUT2D eigenvalue weighted by Gasteiger charge is -2.27. The van der Waals surface area contributed by atoms with E-state index in [2.05, 4.69) is 73.9 Å². The van der Waals surface area contributed by atoms with Crippen LogP contribution in [-0.2, 0) is 0 Å². The molecule has 0 saturated carbocycles. The van der Waals surface area contributed by atoms with Gasteiger partial charge in [-0.2, -0.15) is 0 Å². The highest BCUT2D eigenvalue weighted by molar-refractivity contribution is 7.10. The van der Waals surface area contributed by atoms with Crippen molar-refractivity contribution in [1.82, 2.24) is 5.32 Å². The Morgan fingerprint density at radius 2 is 1.79 bits per heavy atom. The summed E-state index contributed by atoms with van der Waals surface area (Å²) in [7, 11) is 0. The predicted molar refractivity (Wildman–Crippen MR) is 84.5 cm³/mol. The summed E-state index contributed by atoms with van der Waals surface area (Å²) in [5.74, 6) is 0.594. The Morgan fingerprint density at radius 3 is 2.32 bits per heavy atom. The van der Waals surface area contributed by atoms with Gasteiger partial charge in [-0.15, -0.1) is 11.3 Å². The maximum Gasteiger partial charge on any atom is 0.0442 e. The maximum absolute atomic E-state index is 3.83. The number of hydrogen-bond acceptors (Lipinski definition) is 2. The first-order valence-corrected chi connectivity index (χ1v) is 7.94. The Hall–Kier alpha value is -1.12. The molecule has 1 N–H and O–H groups in total. The fraction of sp³-hybridized carbons (Fsp3) is 0.412. The molecule has 0 aliphatic heterocycles. The predicted octanol–water partition coefficient (Wildman–Crippen LogP) is 5.19. The second-order valence-electron chi connectivity index (χ2n) is 5.28. The molecule has 0 aliphatic rings. The lowest BCUT2D eigenvalue weighted by atomic mass is 9.98. The summed E-state index contributed by atoms with van der Waals surface area (Å²) >= 11 is 1.84. The second-order valence-corrected chi connectivity index (χ2v) is 6.25. The van der Waals surface area contributed by atoms with Gasteiger partial charge in [-0.05, 0) is 29.3 Å². The van der Waals surface area contributed by atoms with Crippen LogP contribution in [0.1, 0.15) is 49.7 Å². The summed E-state index contributed by atoms with van der Waals surface area (Å²) in [5.41, 5.74) is 1.38. The Morgan fingerprint density at radius 1 is 1.05 bits per heavy atom. The smallest absolute Gasteiger partial charge is 0.0442 e. The molecule has 0 aliphatic carbocycles. The van der Waals surface area contributed by atoms with Crippen LogP contribution in [0.2, 0.25) is 0 Å². The summed E-state index contributed by atoms with van der Waals surface area (Å²) in [6.07, 6.45) is 1.11. The average Bonchev–Trinajstić information content (AvgIpc) is 2.94. The highest BCUT2D eigenvalue weighted by Crippen LogP contribution is 2.29. The van der Waals surface area contributed by atoms with Crippen LogP contribution in [0.4, 0.5) is 0 Å². The molecule has 0 amide bonds. The number of nitrogens with one attached hydrogen (secondary N) is 1. The van der Waals surface area contributed by atoms with Gasteiger partial charge in [-0.1, -0.05) is 57.2 Å².